The van der Waals surface area contributed by atoms with Crippen molar-refractivity contribution in [2.45, 2.75) is 72.4 Å². The van der Waals surface area contributed by atoms with E-state index in [0.29, 0.717) is 31.7 Å². The minimum absolute atomic E-state index is 0.00683. The molecule has 0 bridgehead atoms. The zero-order chi connectivity index (χ0) is 24.3. The molecule has 1 aromatic rings. The van der Waals surface area contributed by atoms with Crippen molar-refractivity contribution in [2.75, 3.05) is 26.2 Å². The average molecular weight is 446 g/mol. The number of ether oxygens (including phenoxy) is 1. The Bertz CT molecular complexity index is 811. The molecule has 1 aliphatic rings. The van der Waals surface area contributed by atoms with Crippen LogP contribution in [0.3, 0.4) is 0 Å². The van der Waals surface area contributed by atoms with E-state index in [2.05, 4.69) is 26.1 Å². The second-order valence-corrected chi connectivity index (χ2v) is 10.8. The van der Waals surface area contributed by atoms with Crippen molar-refractivity contribution in [3.8, 4) is 0 Å². The van der Waals surface area contributed by atoms with Crippen molar-refractivity contribution < 1.29 is 19.1 Å². The van der Waals surface area contributed by atoms with E-state index in [1.165, 1.54) is 0 Å². The third-order valence-electron chi connectivity index (χ3n) is 5.48. The van der Waals surface area contributed by atoms with Crippen molar-refractivity contribution in [2.24, 2.45) is 5.92 Å². The van der Waals surface area contributed by atoms with Gasteiger partial charge in [0.2, 0.25) is 5.91 Å². The van der Waals surface area contributed by atoms with Crippen LogP contribution in [-0.4, -0.2) is 65.5 Å². The van der Waals surface area contributed by atoms with Gasteiger partial charge in [-0.05, 0) is 49.8 Å². The number of piperazine rings is 1. The molecule has 1 atom stereocenters. The molecule has 7 heteroatoms. The number of carbonyl (C=O) groups excluding carboxylic acids is 3. The summed E-state index contributed by atoms with van der Waals surface area (Å²) in [7, 11) is 0. The summed E-state index contributed by atoms with van der Waals surface area (Å²) in [5.74, 6) is -0.447. The van der Waals surface area contributed by atoms with Crippen LogP contribution in [0.15, 0.2) is 24.3 Å². The third kappa shape index (κ3) is 6.97. The van der Waals surface area contributed by atoms with Crippen molar-refractivity contribution in [3.05, 3.63) is 35.4 Å². The summed E-state index contributed by atoms with van der Waals surface area (Å²) in [6, 6.07) is 6.89. The number of amides is 3. The Hall–Kier alpha value is -2.57. The van der Waals surface area contributed by atoms with Crippen LogP contribution in [0.5, 0.6) is 0 Å². The number of benzene rings is 1. The molecule has 2 rings (SSSR count). The van der Waals surface area contributed by atoms with Gasteiger partial charge in [-0.25, -0.2) is 4.79 Å². The molecule has 178 valence electrons. The lowest BCUT2D eigenvalue weighted by molar-refractivity contribution is -0.136. The number of nitrogens with zero attached hydrogens (tertiary/aromatic N) is 2. The van der Waals surface area contributed by atoms with Gasteiger partial charge in [-0.3, -0.25) is 9.59 Å². The van der Waals surface area contributed by atoms with E-state index in [0.717, 1.165) is 5.56 Å². The van der Waals surface area contributed by atoms with Gasteiger partial charge < -0.3 is 19.9 Å². The fourth-order valence-electron chi connectivity index (χ4n) is 3.49. The van der Waals surface area contributed by atoms with Gasteiger partial charge in [-0.2, -0.15) is 0 Å². The molecule has 1 fully saturated rings. The first-order chi connectivity index (χ1) is 14.7. The first kappa shape index (κ1) is 25.7. The van der Waals surface area contributed by atoms with E-state index in [1.807, 2.05) is 46.8 Å². The van der Waals surface area contributed by atoms with Gasteiger partial charge in [0.1, 0.15) is 11.6 Å². The summed E-state index contributed by atoms with van der Waals surface area (Å²) in [6.07, 6.45) is -0.364. The van der Waals surface area contributed by atoms with Crippen LogP contribution in [0, 0.1) is 5.92 Å². The second-order valence-electron chi connectivity index (χ2n) is 10.8. The summed E-state index contributed by atoms with van der Waals surface area (Å²) >= 11 is 0. The molecule has 0 aliphatic carbocycles. The number of carbonyl (C=O) groups is 3. The fourth-order valence-corrected chi connectivity index (χ4v) is 3.49. The van der Waals surface area contributed by atoms with Crippen LogP contribution in [-0.2, 0) is 14.9 Å². The van der Waals surface area contributed by atoms with Gasteiger partial charge in [-0.1, -0.05) is 46.8 Å². The molecule has 0 spiro atoms. The van der Waals surface area contributed by atoms with Gasteiger partial charge >= 0.3 is 6.09 Å². The van der Waals surface area contributed by atoms with Crippen molar-refractivity contribution >= 4 is 17.9 Å². The molecule has 3 amide bonds. The summed E-state index contributed by atoms with van der Waals surface area (Å²) in [4.78, 5) is 41.6. The number of nitrogens with one attached hydrogen (secondary N) is 1. The zero-order valence-electron chi connectivity index (χ0n) is 20.8. The first-order valence-electron chi connectivity index (χ1n) is 11.4. The second kappa shape index (κ2) is 9.92. The minimum Gasteiger partial charge on any atom is -0.444 e. The van der Waals surface area contributed by atoms with E-state index in [-0.39, 0.29) is 29.2 Å². The van der Waals surface area contributed by atoms with Crippen LogP contribution < -0.4 is 5.32 Å². The molecule has 0 saturated carbocycles. The summed E-state index contributed by atoms with van der Waals surface area (Å²) in [5, 5.41) is 2.92. The Labute approximate surface area is 192 Å². The predicted octanol–water partition coefficient (Wildman–Crippen LogP) is 3.82. The topological polar surface area (TPSA) is 79.0 Å². The molecule has 0 radical (unpaired) electrons. The molecule has 1 N–H and O–H groups in total. The molecular formula is C25H39N3O4. The Morgan fingerprint density at radius 2 is 1.38 bits per heavy atom. The maximum Gasteiger partial charge on any atom is 0.410 e. The summed E-state index contributed by atoms with van der Waals surface area (Å²) in [5.41, 5.74) is 1.13. The van der Waals surface area contributed by atoms with Crippen LogP contribution in [0.2, 0.25) is 0 Å². The smallest absolute Gasteiger partial charge is 0.410 e. The van der Waals surface area contributed by atoms with E-state index in [1.54, 1.807) is 21.9 Å². The van der Waals surface area contributed by atoms with Crippen molar-refractivity contribution in [3.63, 3.8) is 0 Å². The van der Waals surface area contributed by atoms with E-state index >= 15 is 0 Å². The van der Waals surface area contributed by atoms with Gasteiger partial charge in [0.25, 0.3) is 5.91 Å². The van der Waals surface area contributed by atoms with Crippen LogP contribution >= 0.6 is 0 Å². The zero-order valence-corrected chi connectivity index (χ0v) is 20.8. The lowest BCUT2D eigenvalue weighted by atomic mass is 9.86. The minimum atomic E-state index is -0.627. The van der Waals surface area contributed by atoms with Crippen LogP contribution in [0.1, 0.15) is 71.3 Å². The van der Waals surface area contributed by atoms with Crippen LogP contribution in [0.25, 0.3) is 0 Å². The standard InChI is InChI=1S/C25H39N3O4/c1-17(2)20(26-21(29)18-9-11-19(12-10-18)24(3,4)5)22(30)27-13-15-28(16-14-27)23(31)32-25(6,7)8/h9-12,17,20H,13-16H2,1-8H3,(H,26,29). The van der Waals surface area contributed by atoms with Crippen molar-refractivity contribution in [1.82, 2.24) is 15.1 Å². The number of hydrogen-bond donors (Lipinski definition) is 1. The molecule has 1 heterocycles. The fraction of sp³-hybridized carbons (Fsp3) is 0.640. The molecule has 7 nitrogen and oxygen atoms in total. The monoisotopic (exact) mass is 445 g/mol. The maximum atomic E-state index is 13.2. The molecule has 1 aromatic carbocycles. The van der Waals surface area contributed by atoms with E-state index < -0.39 is 11.6 Å². The highest BCUT2D eigenvalue weighted by Crippen LogP contribution is 2.22. The van der Waals surface area contributed by atoms with Gasteiger partial charge in [-0.15, -0.1) is 0 Å². The molecular weight excluding hydrogens is 406 g/mol. The van der Waals surface area contributed by atoms with Crippen molar-refractivity contribution in [1.29, 1.82) is 0 Å². The quantitative estimate of drug-likeness (QED) is 0.764. The number of hydrogen-bond acceptors (Lipinski definition) is 4. The van der Waals surface area contributed by atoms with E-state index in [4.69, 9.17) is 4.74 Å². The van der Waals surface area contributed by atoms with Gasteiger partial charge in [0.15, 0.2) is 0 Å². The Morgan fingerprint density at radius 1 is 0.875 bits per heavy atom. The Kier molecular flexibility index (Phi) is 7.97. The normalized spacial score (nSPS) is 16.0. The number of rotatable bonds is 4. The summed E-state index contributed by atoms with van der Waals surface area (Å²) in [6.45, 7) is 17.3. The summed E-state index contributed by atoms with van der Waals surface area (Å²) < 4.78 is 5.42. The Balaban J connectivity index is 2.00. The van der Waals surface area contributed by atoms with Gasteiger partial charge in [0, 0.05) is 31.7 Å². The maximum absolute atomic E-state index is 13.2. The molecule has 0 aromatic heterocycles. The Morgan fingerprint density at radius 3 is 1.81 bits per heavy atom. The van der Waals surface area contributed by atoms with Crippen LogP contribution in [0.4, 0.5) is 4.79 Å². The highest BCUT2D eigenvalue weighted by molar-refractivity contribution is 5.97. The highest BCUT2D eigenvalue weighted by atomic mass is 16.6. The largest absolute Gasteiger partial charge is 0.444 e. The van der Waals surface area contributed by atoms with Gasteiger partial charge in [0.05, 0.1) is 0 Å². The molecule has 1 aliphatic heterocycles. The average Bonchev–Trinajstić information content (AvgIpc) is 2.69. The molecule has 1 saturated heterocycles. The molecule has 1 unspecified atom stereocenters. The highest BCUT2D eigenvalue weighted by Gasteiger charge is 2.33. The lowest BCUT2D eigenvalue weighted by Crippen LogP contribution is -2.57. The predicted molar refractivity (Wildman–Crippen MR) is 126 cm³/mol. The SMILES string of the molecule is CC(C)C(NC(=O)c1ccc(C(C)(C)C)cc1)C(=O)N1CCN(C(=O)OC(C)(C)C)CC1. The first-order valence-corrected chi connectivity index (χ1v) is 11.4. The third-order valence-corrected chi connectivity index (χ3v) is 5.48. The lowest BCUT2D eigenvalue weighted by Gasteiger charge is -2.37. The van der Waals surface area contributed by atoms with E-state index in [9.17, 15) is 14.4 Å². The molecule has 32 heavy (non-hydrogen) atoms.